The Morgan fingerprint density at radius 2 is 2.06 bits per heavy atom. The minimum Gasteiger partial charge on any atom is -0.347 e. The first kappa shape index (κ1) is 11.5. The molecule has 0 unspecified atom stereocenters. The van der Waals surface area contributed by atoms with Gasteiger partial charge in [-0.05, 0) is 37.8 Å². The summed E-state index contributed by atoms with van der Waals surface area (Å²) in [5.41, 5.74) is 1.98. The molecule has 0 amide bonds. The zero-order valence-electron chi connectivity index (χ0n) is 10.9. The first-order valence-electron chi connectivity index (χ1n) is 6.84. The maximum atomic E-state index is 11.7. The minimum atomic E-state index is 0.159. The fourth-order valence-electron chi connectivity index (χ4n) is 3.17. The Hall–Kier alpha value is -1.57. The molecule has 1 aromatic heterocycles. The maximum Gasteiger partial charge on any atom is 0.161 e. The molecule has 2 nitrogen and oxygen atoms in total. The van der Waals surface area contributed by atoms with Crippen LogP contribution in [-0.2, 0) is 6.54 Å². The third-order valence-electron chi connectivity index (χ3n) is 4.10. The predicted octanol–water partition coefficient (Wildman–Crippen LogP) is 4.03. The lowest BCUT2D eigenvalue weighted by molar-refractivity contribution is 0.101. The molecule has 0 saturated heterocycles. The van der Waals surface area contributed by atoms with Gasteiger partial charge in [0.1, 0.15) is 0 Å². The van der Waals surface area contributed by atoms with Crippen molar-refractivity contribution in [1.82, 2.24) is 4.57 Å². The molecule has 1 saturated carbocycles. The van der Waals surface area contributed by atoms with Gasteiger partial charge in [0.25, 0.3) is 0 Å². The number of ketones is 1. The van der Waals surface area contributed by atoms with E-state index in [9.17, 15) is 4.79 Å². The highest BCUT2D eigenvalue weighted by atomic mass is 16.1. The monoisotopic (exact) mass is 241 g/mol. The normalized spacial score (nSPS) is 16.5. The third kappa shape index (κ3) is 1.96. The Kier molecular flexibility index (Phi) is 2.94. The molecule has 1 aliphatic rings. The van der Waals surface area contributed by atoms with Crippen LogP contribution < -0.4 is 0 Å². The van der Waals surface area contributed by atoms with Crippen LogP contribution in [0, 0.1) is 5.92 Å². The highest BCUT2D eigenvalue weighted by molar-refractivity contribution is 6.05. The number of rotatable bonds is 3. The van der Waals surface area contributed by atoms with Crippen molar-refractivity contribution in [3.8, 4) is 0 Å². The van der Waals surface area contributed by atoms with Crippen molar-refractivity contribution in [1.29, 1.82) is 0 Å². The Labute approximate surface area is 108 Å². The van der Waals surface area contributed by atoms with Crippen LogP contribution in [0.15, 0.2) is 30.5 Å². The Bertz CT molecular complexity index is 576. The van der Waals surface area contributed by atoms with Gasteiger partial charge in [-0.15, -0.1) is 0 Å². The number of benzene rings is 1. The number of aromatic nitrogens is 1. The molecule has 0 aliphatic heterocycles. The van der Waals surface area contributed by atoms with E-state index in [0.717, 1.165) is 23.5 Å². The highest BCUT2D eigenvalue weighted by Gasteiger charge is 2.17. The molecule has 94 valence electrons. The molecule has 18 heavy (non-hydrogen) atoms. The van der Waals surface area contributed by atoms with Crippen LogP contribution in [0.25, 0.3) is 10.9 Å². The van der Waals surface area contributed by atoms with Crippen molar-refractivity contribution in [2.45, 2.75) is 39.2 Å². The van der Waals surface area contributed by atoms with Crippen molar-refractivity contribution >= 4 is 16.7 Å². The zero-order valence-corrected chi connectivity index (χ0v) is 10.9. The topological polar surface area (TPSA) is 22.0 Å². The third-order valence-corrected chi connectivity index (χ3v) is 4.10. The van der Waals surface area contributed by atoms with Crippen LogP contribution in [0.2, 0.25) is 0 Å². The van der Waals surface area contributed by atoms with E-state index in [1.807, 2.05) is 12.1 Å². The molecule has 1 aliphatic carbocycles. The van der Waals surface area contributed by atoms with E-state index < -0.39 is 0 Å². The van der Waals surface area contributed by atoms with Gasteiger partial charge in [-0.3, -0.25) is 4.79 Å². The first-order chi connectivity index (χ1) is 8.75. The van der Waals surface area contributed by atoms with Gasteiger partial charge in [0.2, 0.25) is 0 Å². The van der Waals surface area contributed by atoms with Crippen molar-refractivity contribution in [3.05, 3.63) is 36.0 Å². The second-order valence-electron chi connectivity index (χ2n) is 5.42. The molecule has 0 N–H and O–H groups in total. The summed E-state index contributed by atoms with van der Waals surface area (Å²) in [7, 11) is 0. The van der Waals surface area contributed by atoms with Gasteiger partial charge < -0.3 is 4.57 Å². The van der Waals surface area contributed by atoms with Crippen LogP contribution in [0.1, 0.15) is 43.0 Å². The molecule has 0 radical (unpaired) electrons. The Balaban J connectivity index is 2.03. The summed E-state index contributed by atoms with van der Waals surface area (Å²) >= 11 is 0. The molecule has 2 aromatic rings. The zero-order chi connectivity index (χ0) is 12.5. The van der Waals surface area contributed by atoms with Crippen LogP contribution >= 0.6 is 0 Å². The lowest BCUT2D eigenvalue weighted by Crippen LogP contribution is -2.08. The number of hydrogen-bond donors (Lipinski definition) is 0. The number of nitrogens with zero attached hydrogens (tertiary/aromatic N) is 1. The number of carbonyl (C=O) groups is 1. The van der Waals surface area contributed by atoms with E-state index in [-0.39, 0.29) is 5.78 Å². The van der Waals surface area contributed by atoms with Crippen LogP contribution in [-0.4, -0.2) is 10.4 Å². The summed E-state index contributed by atoms with van der Waals surface area (Å²) < 4.78 is 2.28. The molecule has 0 bridgehead atoms. The molecule has 1 fully saturated rings. The summed E-state index contributed by atoms with van der Waals surface area (Å²) in [5.74, 6) is 0.951. The van der Waals surface area contributed by atoms with E-state index in [1.165, 1.54) is 31.1 Å². The van der Waals surface area contributed by atoms with Crippen LogP contribution in [0.4, 0.5) is 0 Å². The van der Waals surface area contributed by atoms with Gasteiger partial charge in [-0.25, -0.2) is 0 Å². The van der Waals surface area contributed by atoms with Crippen molar-refractivity contribution in [2.24, 2.45) is 5.92 Å². The largest absolute Gasteiger partial charge is 0.347 e. The van der Waals surface area contributed by atoms with E-state index in [1.54, 1.807) is 6.92 Å². The van der Waals surface area contributed by atoms with E-state index >= 15 is 0 Å². The Morgan fingerprint density at radius 3 is 2.78 bits per heavy atom. The fraction of sp³-hybridized carbons (Fsp3) is 0.438. The first-order valence-corrected chi connectivity index (χ1v) is 6.84. The average molecular weight is 241 g/mol. The van der Waals surface area contributed by atoms with Crippen molar-refractivity contribution in [3.63, 3.8) is 0 Å². The van der Waals surface area contributed by atoms with Gasteiger partial charge in [0, 0.05) is 23.7 Å². The quantitative estimate of drug-likeness (QED) is 0.743. The van der Waals surface area contributed by atoms with Gasteiger partial charge in [-0.2, -0.15) is 0 Å². The van der Waals surface area contributed by atoms with E-state index in [2.05, 4.69) is 22.9 Å². The molecule has 1 heterocycles. The fourth-order valence-corrected chi connectivity index (χ4v) is 3.17. The number of hydrogen-bond acceptors (Lipinski definition) is 1. The lowest BCUT2D eigenvalue weighted by atomic mass is 10.1. The van der Waals surface area contributed by atoms with Crippen molar-refractivity contribution < 1.29 is 4.79 Å². The highest BCUT2D eigenvalue weighted by Crippen LogP contribution is 2.29. The van der Waals surface area contributed by atoms with Crippen molar-refractivity contribution in [2.75, 3.05) is 0 Å². The maximum absolute atomic E-state index is 11.7. The van der Waals surface area contributed by atoms with Gasteiger partial charge in [0.05, 0.1) is 5.52 Å². The summed E-state index contributed by atoms with van der Waals surface area (Å²) in [6.45, 7) is 2.72. The number of carbonyl (C=O) groups excluding carboxylic acids is 1. The molecule has 2 heteroatoms. The summed E-state index contributed by atoms with van der Waals surface area (Å²) in [6.07, 6.45) is 7.53. The molecular formula is C16H19NO. The van der Waals surface area contributed by atoms with Crippen LogP contribution in [0.5, 0.6) is 0 Å². The van der Waals surface area contributed by atoms with Gasteiger partial charge in [0.15, 0.2) is 5.78 Å². The molecular weight excluding hydrogens is 222 g/mol. The molecule has 0 spiro atoms. The molecule has 1 aromatic carbocycles. The second-order valence-corrected chi connectivity index (χ2v) is 5.42. The Morgan fingerprint density at radius 1 is 1.28 bits per heavy atom. The smallest absolute Gasteiger partial charge is 0.161 e. The predicted molar refractivity (Wildman–Crippen MR) is 73.9 cm³/mol. The number of para-hydroxylation sites is 1. The summed E-state index contributed by atoms with van der Waals surface area (Å²) in [6, 6.07) is 8.12. The lowest BCUT2D eigenvalue weighted by Gasteiger charge is -2.13. The second kappa shape index (κ2) is 4.60. The summed E-state index contributed by atoms with van der Waals surface area (Å²) in [5, 5.41) is 1.18. The summed E-state index contributed by atoms with van der Waals surface area (Å²) in [4.78, 5) is 11.7. The van der Waals surface area contributed by atoms with E-state index in [0.29, 0.717) is 0 Å². The van der Waals surface area contributed by atoms with Gasteiger partial charge in [-0.1, -0.05) is 25.0 Å². The standard InChI is InChI=1S/C16H19NO/c1-12(18)15-8-4-7-14-9-10-17(16(14)15)11-13-5-2-3-6-13/h4,7-10,13H,2-3,5-6,11H2,1H3. The minimum absolute atomic E-state index is 0.159. The SMILES string of the molecule is CC(=O)c1cccc2ccn(CC3CCCC3)c12. The molecule has 0 atom stereocenters. The average Bonchev–Trinajstić information content (AvgIpc) is 2.99. The van der Waals surface area contributed by atoms with E-state index in [4.69, 9.17) is 0 Å². The van der Waals surface area contributed by atoms with Gasteiger partial charge >= 0.3 is 0 Å². The molecule has 3 rings (SSSR count). The number of fused-ring (bicyclic) bond motifs is 1. The number of Topliss-reactive ketones (excluding diaryl/α,β-unsaturated/α-hetero) is 1. The van der Waals surface area contributed by atoms with Crippen LogP contribution in [0.3, 0.4) is 0 Å².